The van der Waals surface area contributed by atoms with E-state index in [9.17, 15) is 4.79 Å². The van der Waals surface area contributed by atoms with Crippen molar-refractivity contribution in [1.82, 2.24) is 14.9 Å². The van der Waals surface area contributed by atoms with Gasteiger partial charge in [-0.15, -0.1) is 0 Å². The van der Waals surface area contributed by atoms with E-state index in [1.165, 1.54) is 0 Å². The number of fused-ring (bicyclic) bond motifs is 1. The summed E-state index contributed by atoms with van der Waals surface area (Å²) in [7, 11) is 0. The number of pyridine rings is 2. The van der Waals surface area contributed by atoms with Crippen LogP contribution in [0.3, 0.4) is 0 Å². The van der Waals surface area contributed by atoms with Crippen molar-refractivity contribution in [3.05, 3.63) is 96.3 Å². The maximum Gasteiger partial charge on any atom is 0.255 e. The van der Waals surface area contributed by atoms with E-state index >= 15 is 0 Å². The lowest BCUT2D eigenvalue weighted by atomic mass is 10.0. The fourth-order valence-electron chi connectivity index (χ4n) is 3.71. The van der Waals surface area contributed by atoms with E-state index < -0.39 is 0 Å². The van der Waals surface area contributed by atoms with E-state index in [0.29, 0.717) is 18.2 Å². The van der Waals surface area contributed by atoms with Gasteiger partial charge in [0.1, 0.15) is 0 Å². The Morgan fingerprint density at radius 1 is 0.966 bits per heavy atom. The fourth-order valence-corrected chi connectivity index (χ4v) is 3.71. The van der Waals surface area contributed by atoms with Crippen LogP contribution in [-0.4, -0.2) is 26.8 Å². The number of nitrogens with zero attached hydrogens (tertiary/aromatic N) is 3. The number of hydrogen-bond acceptors (Lipinski definition) is 3. The third-order valence-corrected chi connectivity index (χ3v) is 5.34. The lowest BCUT2D eigenvalue weighted by molar-refractivity contribution is 0.0732. The molecule has 29 heavy (non-hydrogen) atoms. The van der Waals surface area contributed by atoms with Gasteiger partial charge in [-0.25, -0.2) is 4.98 Å². The minimum absolute atomic E-state index is 0.0622. The Hall–Kier alpha value is -3.53. The summed E-state index contributed by atoms with van der Waals surface area (Å²) in [5.74, 6) is 0.0622. The van der Waals surface area contributed by atoms with Gasteiger partial charge < -0.3 is 4.90 Å². The van der Waals surface area contributed by atoms with E-state index in [2.05, 4.69) is 4.98 Å². The Kier molecular flexibility index (Phi) is 4.53. The molecule has 0 saturated heterocycles. The highest BCUT2D eigenvalue weighted by molar-refractivity contribution is 6.07. The number of amides is 1. The summed E-state index contributed by atoms with van der Waals surface area (Å²) >= 11 is 0. The second kappa shape index (κ2) is 7.47. The average Bonchev–Trinajstić information content (AvgIpc) is 3.63. The molecule has 5 rings (SSSR count). The number of benzene rings is 2. The molecule has 4 aromatic rings. The van der Waals surface area contributed by atoms with E-state index in [1.807, 2.05) is 83.9 Å². The van der Waals surface area contributed by atoms with Crippen LogP contribution in [0.2, 0.25) is 0 Å². The molecule has 2 heterocycles. The zero-order valence-electron chi connectivity index (χ0n) is 16.0. The van der Waals surface area contributed by atoms with Gasteiger partial charge in [-0.1, -0.05) is 54.6 Å². The molecule has 0 N–H and O–H groups in total. The van der Waals surface area contributed by atoms with Gasteiger partial charge in [-0.2, -0.15) is 0 Å². The minimum atomic E-state index is 0.0622. The molecule has 0 bridgehead atoms. The van der Waals surface area contributed by atoms with E-state index in [1.54, 1.807) is 6.20 Å². The molecule has 142 valence electrons. The van der Waals surface area contributed by atoms with Gasteiger partial charge in [-0.3, -0.25) is 9.78 Å². The molecule has 1 aliphatic rings. The van der Waals surface area contributed by atoms with Crippen molar-refractivity contribution in [3.63, 3.8) is 0 Å². The number of carbonyl (C=O) groups excluding carboxylic acids is 1. The van der Waals surface area contributed by atoms with E-state index in [0.717, 1.165) is 40.6 Å². The van der Waals surface area contributed by atoms with E-state index in [-0.39, 0.29) is 5.91 Å². The quantitative estimate of drug-likeness (QED) is 0.484. The second-order valence-electron chi connectivity index (χ2n) is 7.46. The molecular weight excluding hydrogens is 358 g/mol. The van der Waals surface area contributed by atoms with Gasteiger partial charge in [0, 0.05) is 35.9 Å². The standard InChI is InChI=1S/C25H21N3O/c29-25(28(20-12-13-20)17-18-7-6-14-26-16-18)22-15-24(19-8-2-1-3-9-19)27-23-11-5-4-10-21(22)23/h1-11,14-16,20H,12-13,17H2. The monoisotopic (exact) mass is 379 g/mol. The van der Waals surface area contributed by atoms with Gasteiger partial charge in [0.2, 0.25) is 0 Å². The summed E-state index contributed by atoms with van der Waals surface area (Å²) in [6.45, 7) is 0.578. The molecule has 4 heteroatoms. The summed E-state index contributed by atoms with van der Waals surface area (Å²) in [6.07, 6.45) is 5.71. The van der Waals surface area contributed by atoms with Crippen LogP contribution in [0.5, 0.6) is 0 Å². The van der Waals surface area contributed by atoms with Gasteiger partial charge in [0.25, 0.3) is 5.91 Å². The lowest BCUT2D eigenvalue weighted by Gasteiger charge is -2.23. The van der Waals surface area contributed by atoms with Crippen LogP contribution < -0.4 is 0 Å². The molecule has 1 fully saturated rings. The predicted molar refractivity (Wildman–Crippen MR) is 114 cm³/mol. The first-order chi connectivity index (χ1) is 14.3. The number of rotatable bonds is 5. The zero-order chi connectivity index (χ0) is 19.6. The zero-order valence-corrected chi connectivity index (χ0v) is 16.0. The smallest absolute Gasteiger partial charge is 0.255 e. The number of para-hydroxylation sites is 1. The molecule has 1 saturated carbocycles. The summed E-state index contributed by atoms with van der Waals surface area (Å²) in [4.78, 5) is 24.7. The highest BCUT2D eigenvalue weighted by Gasteiger charge is 2.34. The summed E-state index contributed by atoms with van der Waals surface area (Å²) in [5, 5.41) is 0.897. The first-order valence-electron chi connectivity index (χ1n) is 9.95. The van der Waals surface area contributed by atoms with Crippen LogP contribution >= 0.6 is 0 Å². The maximum atomic E-state index is 13.7. The molecule has 0 spiro atoms. The van der Waals surface area contributed by atoms with E-state index in [4.69, 9.17) is 4.98 Å². The van der Waals surface area contributed by atoms with Crippen LogP contribution in [0.4, 0.5) is 0 Å². The Morgan fingerprint density at radius 2 is 1.76 bits per heavy atom. The number of hydrogen-bond donors (Lipinski definition) is 0. The summed E-state index contributed by atoms with van der Waals surface area (Å²) < 4.78 is 0. The third kappa shape index (κ3) is 3.61. The SMILES string of the molecule is O=C(c1cc(-c2ccccc2)nc2ccccc12)N(Cc1cccnc1)C1CC1. The Labute approximate surface area is 169 Å². The molecule has 0 atom stereocenters. The van der Waals surface area contributed by atoms with Crippen LogP contribution in [0.1, 0.15) is 28.8 Å². The number of aromatic nitrogens is 2. The third-order valence-electron chi connectivity index (χ3n) is 5.34. The van der Waals surface area contributed by atoms with Crippen LogP contribution in [0.15, 0.2) is 85.2 Å². The largest absolute Gasteiger partial charge is 0.331 e. The van der Waals surface area contributed by atoms with Crippen molar-refractivity contribution in [2.24, 2.45) is 0 Å². The molecule has 2 aromatic carbocycles. The van der Waals surface area contributed by atoms with Crippen molar-refractivity contribution in [2.75, 3.05) is 0 Å². The van der Waals surface area contributed by atoms with Crippen molar-refractivity contribution >= 4 is 16.8 Å². The predicted octanol–water partition coefficient (Wildman–Crippen LogP) is 5.10. The number of carbonyl (C=O) groups is 1. The molecule has 1 amide bonds. The summed E-state index contributed by atoms with van der Waals surface area (Å²) in [5.41, 5.74) is 4.44. The highest BCUT2D eigenvalue weighted by atomic mass is 16.2. The minimum Gasteiger partial charge on any atom is -0.331 e. The first kappa shape index (κ1) is 17.6. The highest BCUT2D eigenvalue weighted by Crippen LogP contribution is 2.32. The van der Waals surface area contributed by atoms with Gasteiger partial charge in [-0.05, 0) is 36.6 Å². The van der Waals surface area contributed by atoms with Crippen LogP contribution in [0, 0.1) is 0 Å². The molecule has 0 unspecified atom stereocenters. The van der Waals surface area contributed by atoms with Crippen molar-refractivity contribution < 1.29 is 4.79 Å². The van der Waals surface area contributed by atoms with Gasteiger partial charge in [0.15, 0.2) is 0 Å². The Balaban J connectivity index is 1.59. The molecule has 4 nitrogen and oxygen atoms in total. The molecular formula is C25H21N3O. The Morgan fingerprint density at radius 3 is 2.52 bits per heavy atom. The molecule has 0 aliphatic heterocycles. The molecule has 2 aromatic heterocycles. The molecule has 1 aliphatic carbocycles. The maximum absolute atomic E-state index is 13.7. The lowest BCUT2D eigenvalue weighted by Crippen LogP contribution is -2.32. The second-order valence-corrected chi connectivity index (χ2v) is 7.46. The van der Waals surface area contributed by atoms with Crippen LogP contribution in [-0.2, 0) is 6.54 Å². The van der Waals surface area contributed by atoms with Gasteiger partial charge >= 0.3 is 0 Å². The van der Waals surface area contributed by atoms with Gasteiger partial charge in [0.05, 0.1) is 16.8 Å². The first-order valence-corrected chi connectivity index (χ1v) is 9.95. The molecule has 0 radical (unpaired) electrons. The average molecular weight is 379 g/mol. The topological polar surface area (TPSA) is 46.1 Å². The van der Waals surface area contributed by atoms with Crippen molar-refractivity contribution in [3.8, 4) is 11.3 Å². The van der Waals surface area contributed by atoms with Crippen molar-refractivity contribution in [1.29, 1.82) is 0 Å². The normalized spacial score (nSPS) is 13.4. The van der Waals surface area contributed by atoms with Crippen LogP contribution in [0.25, 0.3) is 22.2 Å². The summed E-state index contributed by atoms with van der Waals surface area (Å²) in [6, 6.07) is 24.1. The fraction of sp³-hybridized carbons (Fsp3) is 0.160. The van der Waals surface area contributed by atoms with Crippen molar-refractivity contribution in [2.45, 2.75) is 25.4 Å². The Bertz CT molecular complexity index is 1150.